The molecule has 2 amide bonds. The summed E-state index contributed by atoms with van der Waals surface area (Å²) in [4.78, 5) is 26.0. The number of aromatic nitrogens is 2. The molecule has 2 aromatic rings. The lowest BCUT2D eigenvalue weighted by Crippen LogP contribution is -2.39. The lowest BCUT2D eigenvalue weighted by atomic mass is 9.45. The van der Waals surface area contributed by atoms with Crippen LogP contribution in [0.4, 0.5) is 5.69 Å². The number of para-hydroxylation sites is 1. The minimum Gasteiger partial charge on any atom is -0.371 e. The van der Waals surface area contributed by atoms with Gasteiger partial charge in [-0.05, 0) is 25.1 Å². The van der Waals surface area contributed by atoms with Gasteiger partial charge >= 0.3 is 0 Å². The molecule has 0 aliphatic carbocycles. The molecule has 160 valence electrons. The van der Waals surface area contributed by atoms with Crippen molar-refractivity contribution in [1.82, 2.24) is 15.1 Å². The molecule has 1 aromatic heterocycles. The number of piperidine rings is 1. The number of amides is 2. The molecule has 8 heteroatoms. The van der Waals surface area contributed by atoms with E-state index >= 15 is 0 Å². The summed E-state index contributed by atoms with van der Waals surface area (Å²) in [5.41, 5.74) is 2.83. The highest BCUT2D eigenvalue weighted by Gasteiger charge is 2.32. The number of nitrogens with zero attached hydrogens (tertiary/aromatic N) is 4. The Morgan fingerprint density at radius 3 is 2.43 bits per heavy atom. The molecule has 1 N–H and O–H groups in total. The van der Waals surface area contributed by atoms with E-state index in [0.717, 1.165) is 48.0 Å². The molecule has 1 atom stereocenters. The van der Waals surface area contributed by atoms with E-state index in [1.165, 1.54) is 0 Å². The number of imide groups is 1. The average molecular weight is 409 g/mol. The monoisotopic (exact) mass is 409 g/mol. The van der Waals surface area contributed by atoms with E-state index in [0.29, 0.717) is 12.8 Å². The Morgan fingerprint density at radius 2 is 1.83 bits per heavy atom. The summed E-state index contributed by atoms with van der Waals surface area (Å²) < 4.78 is 1.83. The molecule has 7 nitrogen and oxygen atoms in total. The standard InChI is InChI=1S/C18H20BN5O2.2C2H6/c1-23-17-12(16(22-23)13-5-6-15(25)21-18(13)26)3-2-4-14(17)24-9-7-19(11-20)8-10-24;2*1-2/h2-4,13H,5-10H2,1H3,(H,21,25,26);2*1-2H3. The molecular formula is C22H32BN5O2. The topological polar surface area (TPSA) is 91.0 Å². The van der Waals surface area contributed by atoms with Gasteiger partial charge in [0.15, 0.2) is 0 Å². The number of fused-ring (bicyclic) bond motifs is 1. The van der Waals surface area contributed by atoms with E-state index in [1.807, 2.05) is 51.6 Å². The summed E-state index contributed by atoms with van der Waals surface area (Å²) in [6.45, 7) is 9.82. The third-order valence-electron chi connectivity index (χ3n) is 5.46. The predicted octanol–water partition coefficient (Wildman–Crippen LogP) is 3.52. The first kappa shape index (κ1) is 23.5. The van der Waals surface area contributed by atoms with Crippen molar-refractivity contribution >= 4 is 35.1 Å². The van der Waals surface area contributed by atoms with Crippen molar-refractivity contribution in [3.8, 4) is 5.97 Å². The zero-order valence-corrected chi connectivity index (χ0v) is 18.7. The van der Waals surface area contributed by atoms with Crippen molar-refractivity contribution in [2.75, 3.05) is 18.0 Å². The van der Waals surface area contributed by atoms with E-state index in [9.17, 15) is 9.59 Å². The third-order valence-corrected chi connectivity index (χ3v) is 5.46. The van der Waals surface area contributed by atoms with E-state index < -0.39 is 5.92 Å². The van der Waals surface area contributed by atoms with Gasteiger partial charge in [-0.25, -0.2) is 5.26 Å². The lowest BCUT2D eigenvalue weighted by Gasteiger charge is -2.30. The molecule has 0 radical (unpaired) electrons. The van der Waals surface area contributed by atoms with Gasteiger partial charge < -0.3 is 4.90 Å². The van der Waals surface area contributed by atoms with Gasteiger partial charge in [-0.15, -0.1) is 0 Å². The Morgan fingerprint density at radius 1 is 1.17 bits per heavy atom. The number of hydrogen-bond acceptors (Lipinski definition) is 5. The summed E-state index contributed by atoms with van der Waals surface area (Å²) in [5.74, 6) is 1.49. The van der Waals surface area contributed by atoms with Crippen LogP contribution in [-0.4, -0.2) is 41.4 Å². The van der Waals surface area contributed by atoms with Crippen LogP contribution >= 0.6 is 0 Å². The number of nitrogens with one attached hydrogen (secondary N) is 1. The molecule has 4 rings (SSSR count). The summed E-state index contributed by atoms with van der Waals surface area (Å²) in [6.07, 6.45) is 2.57. The lowest BCUT2D eigenvalue weighted by molar-refractivity contribution is -0.134. The molecule has 3 heterocycles. The Kier molecular flexibility index (Phi) is 8.46. The predicted molar refractivity (Wildman–Crippen MR) is 122 cm³/mol. The second-order valence-electron chi connectivity index (χ2n) is 7.08. The highest BCUT2D eigenvalue weighted by atomic mass is 16.2. The summed E-state index contributed by atoms with van der Waals surface area (Å²) >= 11 is 0. The number of benzene rings is 1. The molecule has 1 aromatic carbocycles. The van der Waals surface area contributed by atoms with Crippen LogP contribution in [-0.2, 0) is 16.6 Å². The Balaban J connectivity index is 0.000000757. The molecule has 0 bridgehead atoms. The van der Waals surface area contributed by atoms with Crippen LogP contribution < -0.4 is 10.2 Å². The van der Waals surface area contributed by atoms with E-state index in [-0.39, 0.29) is 18.5 Å². The van der Waals surface area contributed by atoms with Crippen LogP contribution in [0.2, 0.25) is 12.6 Å². The fraction of sp³-hybridized carbons (Fsp3) is 0.545. The second-order valence-corrected chi connectivity index (χ2v) is 7.08. The molecule has 2 saturated heterocycles. The number of rotatable bonds is 2. The van der Waals surface area contributed by atoms with E-state index in [2.05, 4.69) is 27.4 Å². The maximum absolute atomic E-state index is 12.3. The number of nitriles is 1. The highest BCUT2D eigenvalue weighted by molar-refractivity contribution is 6.67. The van der Waals surface area contributed by atoms with Crippen LogP contribution in [0.15, 0.2) is 18.2 Å². The number of carbonyl (C=O) groups is 2. The Hall–Kier alpha value is -2.82. The van der Waals surface area contributed by atoms with Crippen molar-refractivity contribution in [2.24, 2.45) is 7.05 Å². The van der Waals surface area contributed by atoms with Gasteiger partial charge in [0.1, 0.15) is 0 Å². The van der Waals surface area contributed by atoms with Gasteiger partial charge in [0, 0.05) is 37.9 Å². The van der Waals surface area contributed by atoms with Gasteiger partial charge in [-0.3, -0.25) is 19.6 Å². The Bertz CT molecular complexity index is 925. The largest absolute Gasteiger partial charge is 0.371 e. The molecule has 0 spiro atoms. The molecule has 2 fully saturated rings. The van der Waals surface area contributed by atoms with Crippen LogP contribution in [0.1, 0.15) is 52.1 Å². The third kappa shape index (κ3) is 4.67. The normalized spacial score (nSPS) is 18.6. The van der Waals surface area contributed by atoms with Crippen molar-refractivity contribution in [3.63, 3.8) is 0 Å². The van der Waals surface area contributed by atoms with Gasteiger partial charge in [0.2, 0.25) is 11.8 Å². The summed E-state index contributed by atoms with van der Waals surface area (Å²) in [7, 11) is 1.89. The molecule has 1 unspecified atom stereocenters. The van der Waals surface area contributed by atoms with Crippen LogP contribution in [0.5, 0.6) is 0 Å². The van der Waals surface area contributed by atoms with Crippen LogP contribution in [0, 0.1) is 11.2 Å². The number of hydrogen-bond donors (Lipinski definition) is 1. The summed E-state index contributed by atoms with van der Waals surface area (Å²) in [6, 6.07) is 6.06. The van der Waals surface area contributed by atoms with Crippen LogP contribution in [0.3, 0.4) is 0 Å². The van der Waals surface area contributed by atoms with E-state index in [1.54, 1.807) is 0 Å². The minimum atomic E-state index is -0.393. The molecule has 2 aliphatic heterocycles. The quantitative estimate of drug-likeness (QED) is 0.605. The second kappa shape index (κ2) is 10.8. The molecule has 30 heavy (non-hydrogen) atoms. The van der Waals surface area contributed by atoms with Crippen molar-refractivity contribution in [2.45, 2.75) is 59.1 Å². The zero-order chi connectivity index (χ0) is 22.3. The minimum absolute atomic E-state index is 0.135. The maximum atomic E-state index is 12.3. The van der Waals surface area contributed by atoms with Gasteiger partial charge in [0.25, 0.3) is 6.71 Å². The van der Waals surface area contributed by atoms with Crippen LogP contribution in [0.25, 0.3) is 10.9 Å². The maximum Gasteiger partial charge on any atom is 0.271 e. The van der Waals surface area contributed by atoms with Crippen molar-refractivity contribution in [1.29, 1.82) is 5.26 Å². The van der Waals surface area contributed by atoms with Gasteiger partial charge in [-0.2, -0.15) is 5.10 Å². The van der Waals surface area contributed by atoms with Gasteiger partial charge in [0.05, 0.1) is 22.8 Å². The molecule has 0 saturated carbocycles. The first-order valence-corrected chi connectivity index (χ1v) is 11.0. The first-order chi connectivity index (χ1) is 14.6. The first-order valence-electron chi connectivity index (χ1n) is 11.0. The SMILES string of the molecule is CC.CC.Cn1nc(C2CCC(=O)NC2=O)c2cccc(N3CCB(C#N)CC3)c21. The van der Waals surface area contributed by atoms with E-state index in [4.69, 9.17) is 5.26 Å². The average Bonchev–Trinajstić information content (AvgIpc) is 3.13. The summed E-state index contributed by atoms with van der Waals surface area (Å²) in [5, 5.41) is 17.1. The smallest absolute Gasteiger partial charge is 0.271 e. The number of aryl methyl sites for hydroxylation is 1. The fourth-order valence-electron chi connectivity index (χ4n) is 4.06. The Labute approximate surface area is 179 Å². The zero-order valence-electron chi connectivity index (χ0n) is 18.7. The molecule has 2 aliphatic rings. The molecular weight excluding hydrogens is 377 g/mol. The number of anilines is 1. The number of carbonyl (C=O) groups excluding carboxylic acids is 2. The van der Waals surface area contributed by atoms with Crippen molar-refractivity contribution < 1.29 is 9.59 Å². The van der Waals surface area contributed by atoms with Gasteiger partial charge in [-0.1, -0.05) is 39.8 Å². The fourth-order valence-corrected chi connectivity index (χ4v) is 4.06. The highest BCUT2D eigenvalue weighted by Crippen LogP contribution is 2.35. The van der Waals surface area contributed by atoms with Crippen molar-refractivity contribution in [3.05, 3.63) is 23.9 Å².